The summed E-state index contributed by atoms with van der Waals surface area (Å²) < 4.78 is 31.5. The molecule has 1 aromatic heterocycles. The standard InChI is InChI=1S/C20H28N8O3S/c1-13(2)32(29,30)28-11-10-15(12-28)19-25-18(26-31-19)17(21)24-20(22)23-14(3)27(4)16-8-6-5-7-9-16/h5-9,13,15H,3,10-12H2,1-2,4H3,(H4,21,22,23,24). The van der Waals surface area contributed by atoms with Gasteiger partial charge in [-0.2, -0.15) is 15.0 Å². The molecule has 3 rings (SSSR count). The Kier molecular flexibility index (Phi) is 6.94. The summed E-state index contributed by atoms with van der Waals surface area (Å²) in [6.07, 6.45) is 0.583. The van der Waals surface area contributed by atoms with E-state index in [1.54, 1.807) is 25.8 Å². The largest absolute Gasteiger partial charge is 0.380 e. The number of rotatable bonds is 7. The van der Waals surface area contributed by atoms with E-state index in [2.05, 4.69) is 26.7 Å². The molecule has 0 bridgehead atoms. The predicted octanol–water partition coefficient (Wildman–Crippen LogP) is 1.22. The third-order valence-electron chi connectivity index (χ3n) is 5.14. The van der Waals surface area contributed by atoms with E-state index in [1.807, 2.05) is 30.3 Å². The van der Waals surface area contributed by atoms with Crippen LogP contribution in [0.4, 0.5) is 5.69 Å². The van der Waals surface area contributed by atoms with Crippen LogP contribution in [0.3, 0.4) is 0 Å². The van der Waals surface area contributed by atoms with Crippen LogP contribution in [-0.2, 0) is 10.0 Å². The van der Waals surface area contributed by atoms with Crippen molar-refractivity contribution in [1.82, 2.24) is 14.4 Å². The summed E-state index contributed by atoms with van der Waals surface area (Å²) in [5.74, 6) is 0.353. The molecule has 2 heterocycles. The summed E-state index contributed by atoms with van der Waals surface area (Å²) >= 11 is 0. The van der Waals surface area contributed by atoms with Crippen molar-refractivity contribution in [2.45, 2.75) is 31.4 Å². The van der Waals surface area contributed by atoms with Gasteiger partial charge < -0.3 is 20.9 Å². The first-order valence-electron chi connectivity index (χ1n) is 10.1. The van der Waals surface area contributed by atoms with Gasteiger partial charge in [0.1, 0.15) is 5.82 Å². The summed E-state index contributed by atoms with van der Waals surface area (Å²) in [6.45, 7) is 7.89. The van der Waals surface area contributed by atoms with Gasteiger partial charge in [-0.15, -0.1) is 0 Å². The number of amidine groups is 1. The van der Waals surface area contributed by atoms with E-state index in [1.165, 1.54) is 4.31 Å². The van der Waals surface area contributed by atoms with Crippen molar-refractivity contribution < 1.29 is 12.9 Å². The Morgan fingerprint density at radius 1 is 1.28 bits per heavy atom. The zero-order valence-electron chi connectivity index (χ0n) is 18.3. The maximum absolute atomic E-state index is 12.4. The summed E-state index contributed by atoms with van der Waals surface area (Å²) in [5, 5.41) is 3.36. The zero-order chi connectivity index (χ0) is 23.5. The Balaban J connectivity index is 1.68. The molecule has 1 aliphatic rings. The molecule has 0 spiro atoms. The zero-order valence-corrected chi connectivity index (χ0v) is 19.2. The van der Waals surface area contributed by atoms with E-state index in [0.717, 1.165) is 5.69 Å². The minimum atomic E-state index is -3.33. The third-order valence-corrected chi connectivity index (χ3v) is 7.38. The number of hydrogen-bond donors (Lipinski definition) is 2. The molecule has 4 N–H and O–H groups in total. The molecule has 172 valence electrons. The normalized spacial score (nSPS) is 18.3. The highest BCUT2D eigenvalue weighted by Crippen LogP contribution is 2.29. The summed E-state index contributed by atoms with van der Waals surface area (Å²) in [4.78, 5) is 14.2. The van der Waals surface area contributed by atoms with Gasteiger partial charge in [-0.05, 0) is 32.4 Å². The molecule has 1 atom stereocenters. The van der Waals surface area contributed by atoms with Gasteiger partial charge in [-0.25, -0.2) is 12.7 Å². The van der Waals surface area contributed by atoms with Crippen molar-refractivity contribution >= 4 is 27.5 Å². The summed E-state index contributed by atoms with van der Waals surface area (Å²) in [5.41, 5.74) is 12.7. The third kappa shape index (κ3) is 5.14. The van der Waals surface area contributed by atoms with Gasteiger partial charge in [0.2, 0.25) is 27.7 Å². The molecule has 12 heteroatoms. The van der Waals surface area contributed by atoms with Gasteiger partial charge in [0.15, 0.2) is 5.84 Å². The number of aromatic nitrogens is 2. The Hall–Kier alpha value is -3.25. The molecule has 1 aromatic carbocycles. The van der Waals surface area contributed by atoms with E-state index in [4.69, 9.17) is 16.0 Å². The Labute approximate surface area is 187 Å². The van der Waals surface area contributed by atoms with Gasteiger partial charge in [0, 0.05) is 25.8 Å². The Morgan fingerprint density at radius 2 is 1.97 bits per heavy atom. The fourth-order valence-corrected chi connectivity index (χ4v) is 4.51. The van der Waals surface area contributed by atoms with E-state index in [0.29, 0.717) is 24.7 Å². The smallest absolute Gasteiger partial charge is 0.237 e. The second-order valence-corrected chi connectivity index (χ2v) is 10.2. The topological polar surface area (TPSA) is 156 Å². The van der Waals surface area contributed by atoms with Crippen molar-refractivity contribution in [3.8, 4) is 0 Å². The molecule has 32 heavy (non-hydrogen) atoms. The van der Waals surface area contributed by atoms with Gasteiger partial charge in [0.05, 0.1) is 11.2 Å². The highest BCUT2D eigenvalue weighted by Gasteiger charge is 2.36. The SMILES string of the molecule is C=C(/N=C(N)\N=C(/N)c1noc(C2CCN(S(=O)(=O)C(C)C)C2)n1)N(C)c1ccccc1. The minimum Gasteiger partial charge on any atom is -0.380 e. The number of benzene rings is 1. The average Bonchev–Trinajstić information content (AvgIpc) is 3.43. The lowest BCUT2D eigenvalue weighted by Gasteiger charge is -2.18. The Morgan fingerprint density at radius 3 is 2.62 bits per heavy atom. The molecule has 0 saturated carbocycles. The number of nitrogens with zero attached hydrogens (tertiary/aromatic N) is 6. The monoisotopic (exact) mass is 460 g/mol. The van der Waals surface area contributed by atoms with Crippen molar-refractivity contribution in [3.05, 3.63) is 54.4 Å². The van der Waals surface area contributed by atoms with E-state index >= 15 is 0 Å². The minimum absolute atomic E-state index is 0.0605. The quantitative estimate of drug-likeness (QED) is 0.461. The van der Waals surface area contributed by atoms with Crippen LogP contribution in [0.5, 0.6) is 0 Å². The molecule has 1 saturated heterocycles. The van der Waals surface area contributed by atoms with Gasteiger partial charge in [0.25, 0.3) is 0 Å². The van der Waals surface area contributed by atoms with Crippen molar-refractivity contribution in [3.63, 3.8) is 0 Å². The maximum atomic E-state index is 12.4. The van der Waals surface area contributed by atoms with Gasteiger partial charge in [-0.3, -0.25) is 0 Å². The lowest BCUT2D eigenvalue weighted by atomic mass is 10.1. The molecule has 2 aromatic rings. The van der Waals surface area contributed by atoms with Crippen LogP contribution in [0, 0.1) is 0 Å². The molecule has 0 aliphatic carbocycles. The number of para-hydroxylation sites is 1. The molecule has 0 amide bonds. The molecule has 11 nitrogen and oxygen atoms in total. The molecule has 0 radical (unpaired) electrons. The van der Waals surface area contributed by atoms with Gasteiger partial charge >= 0.3 is 0 Å². The number of nitrogens with two attached hydrogens (primary N) is 2. The fraction of sp³-hybridized carbons (Fsp3) is 0.400. The summed E-state index contributed by atoms with van der Waals surface area (Å²) in [6, 6.07) is 9.53. The second-order valence-electron chi connectivity index (χ2n) is 7.67. The van der Waals surface area contributed by atoms with Crippen molar-refractivity contribution in [1.29, 1.82) is 0 Å². The number of guanidine groups is 1. The number of anilines is 1. The first-order chi connectivity index (χ1) is 15.1. The first kappa shape index (κ1) is 23.4. The van der Waals surface area contributed by atoms with Crippen LogP contribution in [0.15, 0.2) is 57.2 Å². The highest BCUT2D eigenvalue weighted by atomic mass is 32.2. The molecular weight excluding hydrogens is 432 g/mol. The first-order valence-corrected chi connectivity index (χ1v) is 11.6. The number of hydrogen-bond acceptors (Lipinski definition) is 7. The van der Waals surface area contributed by atoms with Crippen molar-refractivity contribution in [2.75, 3.05) is 25.0 Å². The molecule has 1 fully saturated rings. The predicted molar refractivity (Wildman–Crippen MR) is 124 cm³/mol. The molecule has 1 unspecified atom stereocenters. The lowest BCUT2D eigenvalue weighted by molar-refractivity contribution is 0.352. The summed E-state index contributed by atoms with van der Waals surface area (Å²) in [7, 11) is -1.53. The van der Waals surface area contributed by atoms with Crippen LogP contribution in [0.25, 0.3) is 0 Å². The average molecular weight is 461 g/mol. The highest BCUT2D eigenvalue weighted by molar-refractivity contribution is 7.89. The van der Waals surface area contributed by atoms with E-state index < -0.39 is 15.3 Å². The lowest BCUT2D eigenvalue weighted by Crippen LogP contribution is -2.34. The van der Waals surface area contributed by atoms with Crippen LogP contribution in [0.1, 0.15) is 37.9 Å². The van der Waals surface area contributed by atoms with Crippen LogP contribution in [0.2, 0.25) is 0 Å². The fourth-order valence-electron chi connectivity index (χ4n) is 3.17. The van der Waals surface area contributed by atoms with Crippen LogP contribution in [-0.4, -0.2) is 60.0 Å². The molecule has 1 aliphatic heterocycles. The number of sulfonamides is 1. The van der Waals surface area contributed by atoms with E-state index in [-0.39, 0.29) is 30.1 Å². The van der Waals surface area contributed by atoms with Crippen molar-refractivity contribution in [2.24, 2.45) is 21.5 Å². The maximum Gasteiger partial charge on any atom is 0.237 e. The molecular formula is C20H28N8O3S. The van der Waals surface area contributed by atoms with Crippen LogP contribution >= 0.6 is 0 Å². The number of aliphatic imine (C=N–C) groups is 2. The van der Waals surface area contributed by atoms with E-state index in [9.17, 15) is 8.42 Å². The Bertz CT molecular complexity index is 1120. The van der Waals surface area contributed by atoms with Gasteiger partial charge in [-0.1, -0.05) is 29.9 Å². The second kappa shape index (κ2) is 9.49. The van der Waals surface area contributed by atoms with Crippen LogP contribution < -0.4 is 16.4 Å².